The normalized spacial score (nSPS) is 15.6. The van der Waals surface area contributed by atoms with E-state index in [2.05, 4.69) is 5.32 Å². The minimum Gasteiger partial charge on any atom is -0.464 e. The zero-order valence-electron chi connectivity index (χ0n) is 11.0. The maximum Gasteiger partial charge on any atom is 0.328 e. The molecule has 1 unspecified atom stereocenters. The van der Waals surface area contributed by atoms with E-state index in [1.807, 2.05) is 6.26 Å². The number of nitrogens with one attached hydrogen (secondary N) is 1. The highest BCUT2D eigenvalue weighted by molar-refractivity contribution is 7.98. The molecule has 4 N–H and O–H groups in total. The van der Waals surface area contributed by atoms with Crippen molar-refractivity contribution in [1.29, 1.82) is 0 Å². The maximum absolute atomic E-state index is 11.6. The van der Waals surface area contributed by atoms with Crippen LogP contribution in [-0.4, -0.2) is 53.8 Å². The smallest absolute Gasteiger partial charge is 0.328 e. The van der Waals surface area contributed by atoms with Gasteiger partial charge in [0.1, 0.15) is 12.1 Å². The van der Waals surface area contributed by atoms with Gasteiger partial charge in [-0.15, -0.1) is 0 Å². The molecule has 0 aromatic carbocycles. The average Bonchev–Trinajstić information content (AvgIpc) is 2.34. The first-order chi connectivity index (χ1) is 8.43. The van der Waals surface area contributed by atoms with Crippen LogP contribution in [0.4, 0.5) is 0 Å². The minimum atomic E-state index is -1.31. The van der Waals surface area contributed by atoms with E-state index in [1.165, 1.54) is 6.92 Å². The first-order valence-corrected chi connectivity index (χ1v) is 7.23. The third-order valence-corrected chi connectivity index (χ3v) is 2.97. The second kappa shape index (κ2) is 9.18. The molecule has 18 heavy (non-hydrogen) atoms. The van der Waals surface area contributed by atoms with Crippen molar-refractivity contribution in [1.82, 2.24) is 5.32 Å². The summed E-state index contributed by atoms with van der Waals surface area (Å²) in [7, 11) is 0. The van der Waals surface area contributed by atoms with E-state index >= 15 is 0 Å². The predicted octanol–water partition coefficient (Wildman–Crippen LogP) is -0.504. The Morgan fingerprint density at radius 3 is 2.61 bits per heavy atom. The maximum atomic E-state index is 11.6. The number of hydrogen-bond acceptors (Lipinski definition) is 6. The molecule has 1 amide bonds. The van der Waals surface area contributed by atoms with Crippen LogP contribution in [0.2, 0.25) is 0 Å². The molecule has 0 saturated carbocycles. The molecule has 0 heterocycles. The Bertz CT molecular complexity index is 276. The van der Waals surface area contributed by atoms with Crippen molar-refractivity contribution < 1.29 is 19.4 Å². The fourth-order valence-corrected chi connectivity index (χ4v) is 1.74. The molecule has 7 heteroatoms. The summed E-state index contributed by atoms with van der Waals surface area (Å²) >= 11 is 1.59. The van der Waals surface area contributed by atoms with Gasteiger partial charge in [-0.05, 0) is 32.3 Å². The van der Waals surface area contributed by atoms with E-state index in [4.69, 9.17) is 10.5 Å². The number of ether oxygens (including phenoxy) is 1. The molecule has 0 aromatic rings. The lowest BCUT2D eigenvalue weighted by atomic mass is 10.1. The number of aliphatic hydroxyl groups excluding tert-OH is 1. The fraction of sp³-hybridized carbons (Fsp3) is 0.818. The highest BCUT2D eigenvalue weighted by Crippen LogP contribution is 2.03. The van der Waals surface area contributed by atoms with E-state index in [1.54, 1.807) is 18.7 Å². The molecule has 0 radical (unpaired) electrons. The lowest BCUT2D eigenvalue weighted by molar-refractivity contribution is -0.148. The molecule has 0 aliphatic rings. The highest BCUT2D eigenvalue weighted by atomic mass is 32.2. The number of esters is 1. The Balaban J connectivity index is 4.18. The molecule has 0 bridgehead atoms. The number of aliphatic hydroxyl groups is 1. The van der Waals surface area contributed by atoms with E-state index in [0.29, 0.717) is 6.42 Å². The summed E-state index contributed by atoms with van der Waals surface area (Å²) in [6, 6.07) is -1.42. The minimum absolute atomic E-state index is 0.245. The predicted molar refractivity (Wildman–Crippen MR) is 71.2 cm³/mol. The number of rotatable bonds is 8. The zero-order chi connectivity index (χ0) is 14.1. The van der Waals surface area contributed by atoms with Crippen LogP contribution < -0.4 is 11.1 Å². The van der Waals surface area contributed by atoms with Gasteiger partial charge in [0, 0.05) is 6.04 Å². The third kappa shape index (κ3) is 6.23. The van der Waals surface area contributed by atoms with Crippen LogP contribution >= 0.6 is 11.8 Å². The van der Waals surface area contributed by atoms with Crippen molar-refractivity contribution in [3.63, 3.8) is 0 Å². The fourth-order valence-electron chi connectivity index (χ4n) is 1.23. The molecule has 3 atom stereocenters. The number of carbonyl (C=O) groups is 2. The molecular weight excluding hydrogens is 256 g/mol. The molecule has 0 aromatic heterocycles. The number of nitrogens with two attached hydrogens (primary N) is 1. The molecule has 0 rings (SSSR count). The van der Waals surface area contributed by atoms with Crippen LogP contribution in [0.15, 0.2) is 0 Å². The van der Waals surface area contributed by atoms with Crippen molar-refractivity contribution >= 4 is 23.6 Å². The summed E-state index contributed by atoms with van der Waals surface area (Å²) in [5.74, 6) is -0.418. The van der Waals surface area contributed by atoms with Gasteiger partial charge in [-0.3, -0.25) is 4.79 Å². The number of hydrogen-bond donors (Lipinski definition) is 3. The molecular formula is C11H22N2O4S. The summed E-state index contributed by atoms with van der Waals surface area (Å²) in [5, 5.41) is 12.0. The topological polar surface area (TPSA) is 102 Å². The monoisotopic (exact) mass is 278 g/mol. The summed E-state index contributed by atoms with van der Waals surface area (Å²) in [4.78, 5) is 22.9. The molecule has 0 aliphatic heterocycles. The lowest BCUT2D eigenvalue weighted by Gasteiger charge is -2.20. The van der Waals surface area contributed by atoms with E-state index in [-0.39, 0.29) is 6.61 Å². The first kappa shape index (κ1) is 17.2. The van der Waals surface area contributed by atoms with Gasteiger partial charge in [0.2, 0.25) is 0 Å². The van der Waals surface area contributed by atoms with Crippen LogP contribution in [-0.2, 0) is 14.3 Å². The van der Waals surface area contributed by atoms with E-state index in [9.17, 15) is 14.7 Å². The van der Waals surface area contributed by atoms with Crippen LogP contribution in [0, 0.1) is 0 Å². The molecule has 6 nitrogen and oxygen atoms in total. The van der Waals surface area contributed by atoms with Gasteiger partial charge in [-0.25, -0.2) is 4.79 Å². The van der Waals surface area contributed by atoms with Gasteiger partial charge in [0.15, 0.2) is 0 Å². The van der Waals surface area contributed by atoms with Crippen molar-refractivity contribution in [3.8, 4) is 0 Å². The number of amides is 1. The third-order valence-electron chi connectivity index (χ3n) is 2.33. The largest absolute Gasteiger partial charge is 0.464 e. The number of carbonyl (C=O) groups excluding carboxylic acids is 2. The second-order valence-corrected chi connectivity index (χ2v) is 4.86. The van der Waals surface area contributed by atoms with Crippen LogP contribution in [0.1, 0.15) is 20.3 Å². The van der Waals surface area contributed by atoms with Gasteiger partial charge < -0.3 is 20.9 Å². The standard InChI is InChI=1S/C11H22N2O4S/c1-4-17-11(16)7(2)13-10(15)9(14)8(12)5-6-18-3/h7-9,14H,4-6,12H2,1-3H3,(H,13,15)/t7-,8+,9?/m0/s1. The van der Waals surface area contributed by atoms with E-state index in [0.717, 1.165) is 5.75 Å². The molecule has 0 aliphatic carbocycles. The van der Waals surface area contributed by atoms with Crippen LogP contribution in [0.25, 0.3) is 0 Å². The van der Waals surface area contributed by atoms with Crippen molar-refractivity contribution in [3.05, 3.63) is 0 Å². The molecule has 0 spiro atoms. The second-order valence-electron chi connectivity index (χ2n) is 3.87. The average molecular weight is 278 g/mol. The van der Waals surface area contributed by atoms with Crippen molar-refractivity contribution in [2.45, 2.75) is 38.5 Å². The van der Waals surface area contributed by atoms with E-state index < -0.39 is 30.1 Å². The SMILES string of the molecule is CCOC(=O)[C@H](C)NC(=O)C(O)[C@H](N)CCSC. The summed E-state index contributed by atoms with van der Waals surface area (Å²) in [6.07, 6.45) is 1.14. The van der Waals surface area contributed by atoms with Gasteiger partial charge in [0.05, 0.1) is 6.61 Å². The summed E-state index contributed by atoms with van der Waals surface area (Å²) in [5.41, 5.74) is 5.67. The number of thioether (sulfide) groups is 1. The van der Waals surface area contributed by atoms with Crippen LogP contribution in [0.3, 0.4) is 0 Å². The Kier molecular flexibility index (Phi) is 8.78. The van der Waals surface area contributed by atoms with Gasteiger partial charge in [-0.2, -0.15) is 11.8 Å². The van der Waals surface area contributed by atoms with Crippen molar-refractivity contribution in [2.75, 3.05) is 18.6 Å². The lowest BCUT2D eigenvalue weighted by Crippen LogP contribution is -2.50. The quantitative estimate of drug-likeness (QED) is 0.517. The molecule has 106 valence electrons. The van der Waals surface area contributed by atoms with Gasteiger partial charge in [-0.1, -0.05) is 0 Å². The Morgan fingerprint density at radius 2 is 2.11 bits per heavy atom. The Hall–Kier alpha value is -0.790. The highest BCUT2D eigenvalue weighted by Gasteiger charge is 2.25. The Morgan fingerprint density at radius 1 is 1.50 bits per heavy atom. The first-order valence-electron chi connectivity index (χ1n) is 5.83. The van der Waals surface area contributed by atoms with Gasteiger partial charge in [0.25, 0.3) is 5.91 Å². The van der Waals surface area contributed by atoms with Crippen LogP contribution in [0.5, 0.6) is 0 Å². The molecule has 0 saturated heterocycles. The van der Waals surface area contributed by atoms with Crippen molar-refractivity contribution in [2.24, 2.45) is 5.73 Å². The molecule has 0 fully saturated rings. The van der Waals surface area contributed by atoms with Gasteiger partial charge >= 0.3 is 5.97 Å². The zero-order valence-corrected chi connectivity index (χ0v) is 11.8. The Labute approximate surface area is 112 Å². The summed E-state index contributed by atoms with van der Waals surface area (Å²) < 4.78 is 4.74. The summed E-state index contributed by atoms with van der Waals surface area (Å²) in [6.45, 7) is 3.42.